The van der Waals surface area contributed by atoms with Gasteiger partial charge in [0.15, 0.2) is 0 Å². The first-order valence-corrected chi connectivity index (χ1v) is 6.20. The van der Waals surface area contributed by atoms with Crippen LogP contribution in [-0.2, 0) is 4.74 Å². The molecule has 0 fully saturated rings. The zero-order valence-electron chi connectivity index (χ0n) is 11.2. The number of ether oxygens (including phenoxy) is 1. The molecule has 3 nitrogen and oxygen atoms in total. The second-order valence-corrected chi connectivity index (χ2v) is 5.49. The monoisotopic (exact) mass is 244 g/mol. The molecule has 0 amide bonds. The predicted molar refractivity (Wildman–Crippen MR) is 74.4 cm³/mol. The van der Waals surface area contributed by atoms with E-state index in [1.165, 1.54) is 0 Å². The first-order valence-electron chi connectivity index (χ1n) is 6.20. The second-order valence-electron chi connectivity index (χ2n) is 5.49. The Morgan fingerprint density at radius 1 is 1.28 bits per heavy atom. The minimum absolute atomic E-state index is 0.115. The van der Waals surface area contributed by atoms with Gasteiger partial charge in [-0.3, -0.25) is 4.98 Å². The van der Waals surface area contributed by atoms with Crippen molar-refractivity contribution in [3.8, 4) is 0 Å². The van der Waals surface area contributed by atoms with Gasteiger partial charge >= 0.3 is 0 Å². The van der Waals surface area contributed by atoms with E-state index in [-0.39, 0.29) is 11.6 Å². The number of fused-ring (bicyclic) bond motifs is 1. The quantitative estimate of drug-likeness (QED) is 0.902. The minimum Gasteiger partial charge on any atom is -0.374 e. The standard InChI is InChI=1S/C15H20N2O/c1-15(2,3)18-10-13(16)12-7-6-11-5-4-8-17-14(11)9-12/h4-9,13H,10,16H2,1-3H3. The highest BCUT2D eigenvalue weighted by molar-refractivity contribution is 5.78. The first-order chi connectivity index (χ1) is 8.46. The maximum Gasteiger partial charge on any atom is 0.0705 e. The van der Waals surface area contributed by atoms with Gasteiger partial charge < -0.3 is 10.5 Å². The Morgan fingerprint density at radius 2 is 2.06 bits per heavy atom. The number of hydrogen-bond donors (Lipinski definition) is 1. The molecule has 0 radical (unpaired) electrons. The maximum atomic E-state index is 6.14. The van der Waals surface area contributed by atoms with Gasteiger partial charge in [0.25, 0.3) is 0 Å². The van der Waals surface area contributed by atoms with Crippen molar-refractivity contribution in [3.05, 3.63) is 42.1 Å². The van der Waals surface area contributed by atoms with E-state index in [0.717, 1.165) is 16.5 Å². The van der Waals surface area contributed by atoms with Crippen molar-refractivity contribution < 1.29 is 4.74 Å². The topological polar surface area (TPSA) is 48.1 Å². The van der Waals surface area contributed by atoms with Crippen LogP contribution in [0, 0.1) is 0 Å². The van der Waals surface area contributed by atoms with Gasteiger partial charge in [0.2, 0.25) is 0 Å². The number of nitrogens with zero attached hydrogens (tertiary/aromatic N) is 1. The van der Waals surface area contributed by atoms with Gasteiger partial charge in [-0.15, -0.1) is 0 Å². The van der Waals surface area contributed by atoms with Crippen molar-refractivity contribution in [2.45, 2.75) is 32.4 Å². The van der Waals surface area contributed by atoms with E-state index in [2.05, 4.69) is 11.1 Å². The predicted octanol–water partition coefficient (Wildman–Crippen LogP) is 3.05. The lowest BCUT2D eigenvalue weighted by molar-refractivity contribution is -0.0102. The van der Waals surface area contributed by atoms with Crippen LogP contribution in [0.4, 0.5) is 0 Å². The summed E-state index contributed by atoms with van der Waals surface area (Å²) in [6.45, 7) is 6.60. The molecule has 1 aromatic heterocycles. The molecule has 0 aliphatic carbocycles. The molecule has 0 aliphatic heterocycles. The third-order valence-electron chi connectivity index (χ3n) is 2.75. The molecular formula is C15H20N2O. The van der Waals surface area contributed by atoms with Crippen LogP contribution in [0.15, 0.2) is 36.5 Å². The molecule has 0 bridgehead atoms. The maximum absolute atomic E-state index is 6.14. The summed E-state index contributed by atoms with van der Waals surface area (Å²) < 4.78 is 5.71. The lowest BCUT2D eigenvalue weighted by Crippen LogP contribution is -2.26. The molecule has 0 spiro atoms. The Hall–Kier alpha value is -1.45. The highest BCUT2D eigenvalue weighted by Gasteiger charge is 2.14. The molecular weight excluding hydrogens is 224 g/mol. The molecule has 1 unspecified atom stereocenters. The summed E-state index contributed by atoms with van der Waals surface area (Å²) >= 11 is 0. The average Bonchev–Trinajstić information content (AvgIpc) is 2.34. The Morgan fingerprint density at radius 3 is 2.78 bits per heavy atom. The third-order valence-corrected chi connectivity index (χ3v) is 2.75. The highest BCUT2D eigenvalue weighted by atomic mass is 16.5. The molecule has 2 aromatic rings. The summed E-state index contributed by atoms with van der Waals surface area (Å²) in [5.41, 5.74) is 8.01. The molecule has 3 heteroatoms. The average molecular weight is 244 g/mol. The minimum atomic E-state index is -0.160. The number of benzene rings is 1. The van der Waals surface area contributed by atoms with E-state index in [9.17, 15) is 0 Å². The summed E-state index contributed by atoms with van der Waals surface area (Å²) in [6.07, 6.45) is 1.79. The Balaban J connectivity index is 2.15. The van der Waals surface area contributed by atoms with Gasteiger partial charge in [0.1, 0.15) is 0 Å². The van der Waals surface area contributed by atoms with E-state index in [0.29, 0.717) is 6.61 Å². The number of nitrogens with two attached hydrogens (primary N) is 1. The molecule has 2 rings (SSSR count). The number of hydrogen-bond acceptors (Lipinski definition) is 3. The molecule has 0 aliphatic rings. The van der Waals surface area contributed by atoms with Crippen molar-refractivity contribution in [2.24, 2.45) is 5.73 Å². The molecule has 0 saturated heterocycles. The van der Waals surface area contributed by atoms with Gasteiger partial charge in [-0.1, -0.05) is 18.2 Å². The van der Waals surface area contributed by atoms with Crippen molar-refractivity contribution in [2.75, 3.05) is 6.61 Å². The van der Waals surface area contributed by atoms with Crippen molar-refractivity contribution >= 4 is 10.9 Å². The van der Waals surface area contributed by atoms with Crippen LogP contribution in [0.1, 0.15) is 32.4 Å². The molecule has 2 N–H and O–H groups in total. The normalized spacial score (nSPS) is 13.8. The summed E-state index contributed by atoms with van der Waals surface area (Å²) in [5, 5.41) is 1.13. The second kappa shape index (κ2) is 5.04. The van der Waals surface area contributed by atoms with E-state index in [1.807, 2.05) is 45.0 Å². The Labute approximate surface area is 108 Å². The van der Waals surface area contributed by atoms with Gasteiger partial charge in [-0.05, 0) is 38.5 Å². The summed E-state index contributed by atoms with van der Waals surface area (Å²) in [4.78, 5) is 4.34. The van der Waals surface area contributed by atoms with Crippen molar-refractivity contribution in [3.63, 3.8) is 0 Å². The van der Waals surface area contributed by atoms with Crippen LogP contribution in [0.25, 0.3) is 10.9 Å². The fraction of sp³-hybridized carbons (Fsp3) is 0.400. The first kappa shape index (κ1) is 13.0. The smallest absolute Gasteiger partial charge is 0.0705 e. The van der Waals surface area contributed by atoms with Crippen molar-refractivity contribution in [1.29, 1.82) is 0 Å². The summed E-state index contributed by atoms with van der Waals surface area (Å²) in [5.74, 6) is 0. The van der Waals surface area contributed by atoms with Gasteiger partial charge in [-0.2, -0.15) is 0 Å². The molecule has 18 heavy (non-hydrogen) atoms. The van der Waals surface area contributed by atoms with E-state index in [1.54, 1.807) is 6.20 Å². The van der Waals surface area contributed by atoms with Crippen LogP contribution >= 0.6 is 0 Å². The SMILES string of the molecule is CC(C)(C)OCC(N)c1ccc2cccnc2c1. The number of aromatic nitrogens is 1. The Bertz CT molecular complexity index is 531. The van der Waals surface area contributed by atoms with Crippen LogP contribution in [0.3, 0.4) is 0 Å². The zero-order chi connectivity index (χ0) is 13.2. The molecule has 1 atom stereocenters. The van der Waals surface area contributed by atoms with Gasteiger partial charge in [0, 0.05) is 11.6 Å². The molecule has 1 aromatic carbocycles. The lowest BCUT2D eigenvalue weighted by atomic mass is 10.1. The van der Waals surface area contributed by atoms with Crippen LogP contribution in [0.2, 0.25) is 0 Å². The largest absolute Gasteiger partial charge is 0.374 e. The molecule has 0 saturated carbocycles. The van der Waals surface area contributed by atoms with Crippen LogP contribution < -0.4 is 5.73 Å². The lowest BCUT2D eigenvalue weighted by Gasteiger charge is -2.22. The van der Waals surface area contributed by atoms with E-state index >= 15 is 0 Å². The third kappa shape index (κ3) is 3.28. The number of rotatable bonds is 3. The van der Waals surface area contributed by atoms with Crippen LogP contribution in [0.5, 0.6) is 0 Å². The van der Waals surface area contributed by atoms with Gasteiger partial charge in [-0.25, -0.2) is 0 Å². The summed E-state index contributed by atoms with van der Waals surface area (Å²) in [6, 6.07) is 9.99. The zero-order valence-corrected chi connectivity index (χ0v) is 11.2. The highest BCUT2D eigenvalue weighted by Crippen LogP contribution is 2.19. The fourth-order valence-electron chi connectivity index (χ4n) is 1.75. The Kier molecular flexibility index (Phi) is 3.64. The van der Waals surface area contributed by atoms with Crippen molar-refractivity contribution in [1.82, 2.24) is 4.98 Å². The van der Waals surface area contributed by atoms with Crippen LogP contribution in [-0.4, -0.2) is 17.2 Å². The van der Waals surface area contributed by atoms with E-state index in [4.69, 9.17) is 10.5 Å². The molecule has 1 heterocycles. The summed E-state index contributed by atoms with van der Waals surface area (Å²) in [7, 11) is 0. The fourth-order valence-corrected chi connectivity index (χ4v) is 1.75. The number of pyridine rings is 1. The van der Waals surface area contributed by atoms with Gasteiger partial charge in [0.05, 0.1) is 23.8 Å². The molecule has 96 valence electrons. The van der Waals surface area contributed by atoms with E-state index < -0.39 is 0 Å².